The van der Waals surface area contributed by atoms with E-state index in [4.69, 9.17) is 9.47 Å². The van der Waals surface area contributed by atoms with Crippen LogP contribution in [-0.4, -0.2) is 35.6 Å². The van der Waals surface area contributed by atoms with Crippen LogP contribution in [0.3, 0.4) is 0 Å². The monoisotopic (exact) mass is 358 g/mol. The molecule has 1 aromatic rings. The summed E-state index contributed by atoms with van der Waals surface area (Å²) in [5, 5.41) is 3.25. The van der Waals surface area contributed by atoms with Crippen molar-refractivity contribution in [2.24, 2.45) is 17.8 Å². The Morgan fingerprint density at radius 3 is 2.27 bits per heavy atom. The van der Waals surface area contributed by atoms with Crippen molar-refractivity contribution in [3.63, 3.8) is 0 Å². The summed E-state index contributed by atoms with van der Waals surface area (Å²) in [6, 6.07) is 3.18. The van der Waals surface area contributed by atoms with Gasteiger partial charge in [-0.3, -0.25) is 4.79 Å². The number of aromatic nitrogens is 1. The minimum absolute atomic E-state index is 0.0752. The number of rotatable bonds is 5. The molecule has 4 aliphatic carbocycles. The molecule has 1 amide bonds. The lowest BCUT2D eigenvalue weighted by atomic mass is 9.53. The Morgan fingerprint density at radius 1 is 1.15 bits per heavy atom. The van der Waals surface area contributed by atoms with Crippen molar-refractivity contribution in [1.29, 1.82) is 0 Å². The SMILES string of the molecule is COc1ccc(C(=O)OC(C)C(=O)NC23CC4CC(CC(C4)C2)C3)cn1. The fourth-order valence-electron chi connectivity index (χ4n) is 5.53. The zero-order valence-corrected chi connectivity index (χ0v) is 15.4. The lowest BCUT2D eigenvalue weighted by molar-refractivity contribution is -0.134. The van der Waals surface area contributed by atoms with Crippen LogP contribution in [0.1, 0.15) is 55.8 Å². The van der Waals surface area contributed by atoms with Gasteiger partial charge in [0, 0.05) is 17.8 Å². The highest BCUT2D eigenvalue weighted by atomic mass is 16.5. The summed E-state index contributed by atoms with van der Waals surface area (Å²) < 4.78 is 10.3. The summed E-state index contributed by atoms with van der Waals surface area (Å²) >= 11 is 0. The summed E-state index contributed by atoms with van der Waals surface area (Å²) in [6.45, 7) is 1.63. The number of nitrogens with zero attached hydrogens (tertiary/aromatic N) is 1. The summed E-state index contributed by atoms with van der Waals surface area (Å²) in [7, 11) is 1.51. The molecule has 0 aromatic carbocycles. The molecule has 140 valence electrons. The van der Waals surface area contributed by atoms with Gasteiger partial charge in [-0.25, -0.2) is 9.78 Å². The lowest BCUT2D eigenvalue weighted by Gasteiger charge is -2.57. The third-order valence-electron chi connectivity index (χ3n) is 6.26. The Kier molecular flexibility index (Phi) is 4.37. The quantitative estimate of drug-likeness (QED) is 0.819. The molecule has 4 aliphatic rings. The van der Waals surface area contributed by atoms with E-state index in [-0.39, 0.29) is 11.4 Å². The standard InChI is InChI=1S/C20H26N2O4/c1-12(26-19(24)16-3-4-17(25-2)21-11-16)18(23)22-20-8-13-5-14(9-20)7-15(6-13)10-20/h3-4,11-15H,5-10H2,1-2H3,(H,22,23). The average molecular weight is 358 g/mol. The van der Waals surface area contributed by atoms with E-state index in [1.54, 1.807) is 19.1 Å². The first-order chi connectivity index (χ1) is 12.5. The summed E-state index contributed by atoms with van der Waals surface area (Å²) in [6.07, 6.45) is 7.77. The van der Waals surface area contributed by atoms with Gasteiger partial charge in [0.1, 0.15) is 0 Å². The second kappa shape index (κ2) is 6.56. The number of carbonyl (C=O) groups is 2. The van der Waals surface area contributed by atoms with Crippen LogP contribution in [0.25, 0.3) is 0 Å². The molecule has 0 saturated heterocycles. The number of methoxy groups -OCH3 is 1. The van der Waals surface area contributed by atoms with Crippen LogP contribution in [0.15, 0.2) is 18.3 Å². The number of carbonyl (C=O) groups excluding carboxylic acids is 2. The third kappa shape index (κ3) is 3.29. The molecule has 0 radical (unpaired) electrons. The van der Waals surface area contributed by atoms with Crippen LogP contribution in [0.4, 0.5) is 0 Å². The van der Waals surface area contributed by atoms with E-state index in [9.17, 15) is 9.59 Å². The van der Waals surface area contributed by atoms with Crippen molar-refractivity contribution >= 4 is 11.9 Å². The van der Waals surface area contributed by atoms with Crippen molar-refractivity contribution in [2.75, 3.05) is 7.11 Å². The zero-order chi connectivity index (χ0) is 18.3. The molecule has 26 heavy (non-hydrogen) atoms. The first-order valence-electron chi connectivity index (χ1n) is 9.49. The Morgan fingerprint density at radius 2 is 1.77 bits per heavy atom. The molecule has 0 spiro atoms. The first-order valence-corrected chi connectivity index (χ1v) is 9.49. The Hall–Kier alpha value is -2.11. The molecule has 1 N–H and O–H groups in total. The maximum Gasteiger partial charge on any atom is 0.340 e. The fourth-order valence-corrected chi connectivity index (χ4v) is 5.53. The van der Waals surface area contributed by atoms with E-state index in [0.717, 1.165) is 37.0 Å². The van der Waals surface area contributed by atoms with E-state index >= 15 is 0 Å². The minimum atomic E-state index is -0.822. The molecule has 6 nitrogen and oxygen atoms in total. The molecular weight excluding hydrogens is 332 g/mol. The van der Waals surface area contributed by atoms with Gasteiger partial charge in [-0.2, -0.15) is 0 Å². The Labute approximate surface area is 153 Å². The largest absolute Gasteiger partial charge is 0.481 e. The number of amides is 1. The number of pyridine rings is 1. The molecule has 1 atom stereocenters. The van der Waals surface area contributed by atoms with Gasteiger partial charge in [-0.15, -0.1) is 0 Å². The Balaban J connectivity index is 1.36. The molecule has 0 aliphatic heterocycles. The van der Waals surface area contributed by atoms with Crippen molar-refractivity contribution in [3.8, 4) is 5.88 Å². The molecule has 1 heterocycles. The van der Waals surface area contributed by atoms with Crippen molar-refractivity contribution in [2.45, 2.75) is 57.1 Å². The number of nitrogens with one attached hydrogen (secondary N) is 1. The lowest BCUT2D eigenvalue weighted by Crippen LogP contribution is -2.61. The predicted molar refractivity (Wildman–Crippen MR) is 94.7 cm³/mol. The highest BCUT2D eigenvalue weighted by molar-refractivity contribution is 5.92. The van der Waals surface area contributed by atoms with Crippen LogP contribution in [0, 0.1) is 17.8 Å². The highest BCUT2D eigenvalue weighted by Crippen LogP contribution is 2.55. The summed E-state index contributed by atoms with van der Waals surface area (Å²) in [4.78, 5) is 28.9. The number of hydrogen-bond donors (Lipinski definition) is 1. The van der Waals surface area contributed by atoms with E-state index in [1.165, 1.54) is 32.6 Å². The molecule has 4 fully saturated rings. The number of ether oxygens (including phenoxy) is 2. The van der Waals surface area contributed by atoms with Gasteiger partial charge >= 0.3 is 5.97 Å². The van der Waals surface area contributed by atoms with E-state index in [2.05, 4.69) is 10.3 Å². The number of esters is 1. The summed E-state index contributed by atoms with van der Waals surface area (Å²) in [5.41, 5.74) is 0.231. The molecule has 5 rings (SSSR count). The maximum atomic E-state index is 12.7. The predicted octanol–water partition coefficient (Wildman–Crippen LogP) is 2.72. The zero-order valence-electron chi connectivity index (χ0n) is 15.4. The van der Waals surface area contributed by atoms with Crippen LogP contribution in [0.2, 0.25) is 0 Å². The van der Waals surface area contributed by atoms with E-state index < -0.39 is 12.1 Å². The van der Waals surface area contributed by atoms with Crippen LogP contribution >= 0.6 is 0 Å². The minimum Gasteiger partial charge on any atom is -0.481 e. The van der Waals surface area contributed by atoms with Crippen molar-refractivity contribution < 1.29 is 19.1 Å². The van der Waals surface area contributed by atoms with Gasteiger partial charge in [-0.05, 0) is 69.3 Å². The summed E-state index contributed by atoms with van der Waals surface area (Å²) in [5.74, 6) is 1.95. The smallest absolute Gasteiger partial charge is 0.340 e. The van der Waals surface area contributed by atoms with Crippen molar-refractivity contribution in [3.05, 3.63) is 23.9 Å². The molecule has 4 saturated carbocycles. The first kappa shape index (κ1) is 17.3. The second-order valence-corrected chi connectivity index (χ2v) is 8.32. The van der Waals surface area contributed by atoms with Gasteiger partial charge in [0.05, 0.1) is 12.7 Å². The molecule has 4 bridgehead atoms. The molecule has 1 aromatic heterocycles. The molecular formula is C20H26N2O4. The van der Waals surface area contributed by atoms with E-state index in [0.29, 0.717) is 11.4 Å². The Bertz CT molecular complexity index is 665. The maximum absolute atomic E-state index is 12.7. The molecule has 6 heteroatoms. The van der Waals surface area contributed by atoms with Gasteiger partial charge in [0.15, 0.2) is 6.10 Å². The highest BCUT2D eigenvalue weighted by Gasteiger charge is 2.51. The van der Waals surface area contributed by atoms with Crippen LogP contribution < -0.4 is 10.1 Å². The van der Waals surface area contributed by atoms with Gasteiger partial charge in [0.2, 0.25) is 5.88 Å². The van der Waals surface area contributed by atoms with E-state index in [1.807, 2.05) is 0 Å². The number of hydrogen-bond acceptors (Lipinski definition) is 5. The van der Waals surface area contributed by atoms with Crippen molar-refractivity contribution in [1.82, 2.24) is 10.3 Å². The van der Waals surface area contributed by atoms with Crippen LogP contribution in [-0.2, 0) is 9.53 Å². The third-order valence-corrected chi connectivity index (χ3v) is 6.26. The topological polar surface area (TPSA) is 77.5 Å². The second-order valence-electron chi connectivity index (χ2n) is 8.32. The van der Waals surface area contributed by atoms with Crippen LogP contribution in [0.5, 0.6) is 5.88 Å². The van der Waals surface area contributed by atoms with Gasteiger partial charge in [0.25, 0.3) is 5.91 Å². The van der Waals surface area contributed by atoms with Gasteiger partial charge in [-0.1, -0.05) is 0 Å². The van der Waals surface area contributed by atoms with Gasteiger partial charge < -0.3 is 14.8 Å². The normalized spacial score (nSPS) is 32.8. The fraction of sp³-hybridized carbons (Fsp3) is 0.650. The average Bonchev–Trinajstić information content (AvgIpc) is 2.60. The molecule has 1 unspecified atom stereocenters.